The topological polar surface area (TPSA) is 0 Å². The molecular weight excluding hydrogens is 553 g/mol. The van der Waals surface area contributed by atoms with Crippen molar-refractivity contribution in [2.24, 2.45) is 0 Å². The summed E-state index contributed by atoms with van der Waals surface area (Å²) >= 11 is 0. The molecule has 0 aromatic heterocycles. The minimum Gasteiger partial charge on any atom is -0.0619 e. The van der Waals surface area contributed by atoms with Crippen molar-refractivity contribution in [2.75, 3.05) is 0 Å². The second kappa shape index (κ2) is 10.2. The van der Waals surface area contributed by atoms with Crippen LogP contribution in [0.3, 0.4) is 0 Å². The molecule has 0 saturated heterocycles. The fourth-order valence-electron chi connectivity index (χ4n) is 8.72. The first-order valence-electron chi connectivity index (χ1n) is 16.8. The van der Waals surface area contributed by atoms with Crippen LogP contribution in [-0.2, 0) is 25.7 Å². The summed E-state index contributed by atoms with van der Waals surface area (Å²) in [6, 6.07) is 56.0. The maximum atomic E-state index is 2.48. The number of benzene rings is 7. The van der Waals surface area contributed by atoms with Crippen molar-refractivity contribution < 1.29 is 0 Å². The fraction of sp³-hybridized carbons (Fsp3) is 0.130. The Morgan fingerprint density at radius 3 is 1.24 bits per heavy atom. The van der Waals surface area contributed by atoms with Gasteiger partial charge in [0.25, 0.3) is 0 Å². The highest BCUT2D eigenvalue weighted by molar-refractivity contribution is 5.86. The molecule has 10 rings (SSSR count). The third-order valence-corrected chi connectivity index (χ3v) is 11.0. The summed E-state index contributed by atoms with van der Waals surface area (Å²) in [5.41, 5.74) is 19.7. The summed E-state index contributed by atoms with van der Waals surface area (Å²) in [7, 11) is 0. The summed E-state index contributed by atoms with van der Waals surface area (Å²) in [5, 5.41) is 2.61. The van der Waals surface area contributed by atoms with E-state index in [0.717, 1.165) is 12.8 Å². The van der Waals surface area contributed by atoms with Crippen molar-refractivity contribution in [2.45, 2.75) is 37.5 Å². The van der Waals surface area contributed by atoms with Crippen molar-refractivity contribution in [3.8, 4) is 22.3 Å². The van der Waals surface area contributed by atoms with E-state index >= 15 is 0 Å². The summed E-state index contributed by atoms with van der Waals surface area (Å²) in [6.07, 6.45) is 4.67. The summed E-state index contributed by atoms with van der Waals surface area (Å²) in [5.74, 6) is 0.362. The molecule has 0 fully saturated rings. The molecule has 4 bridgehead atoms. The van der Waals surface area contributed by atoms with Crippen LogP contribution >= 0.6 is 0 Å². The van der Waals surface area contributed by atoms with Crippen LogP contribution in [0, 0.1) is 0 Å². The quantitative estimate of drug-likeness (QED) is 0.192. The summed E-state index contributed by atoms with van der Waals surface area (Å²) in [6.45, 7) is 0. The highest BCUT2D eigenvalue weighted by Gasteiger charge is 2.34. The van der Waals surface area contributed by atoms with Crippen LogP contribution in [0.4, 0.5) is 0 Å². The second-order valence-electron chi connectivity index (χ2n) is 13.6. The highest BCUT2D eigenvalue weighted by atomic mass is 14.4. The van der Waals surface area contributed by atoms with E-state index in [4.69, 9.17) is 0 Å². The first kappa shape index (κ1) is 26.1. The monoisotopic (exact) mass is 586 g/mol. The predicted molar refractivity (Wildman–Crippen MR) is 191 cm³/mol. The van der Waals surface area contributed by atoms with Gasteiger partial charge in [-0.15, -0.1) is 0 Å². The minimum atomic E-state index is 0.181. The van der Waals surface area contributed by atoms with Gasteiger partial charge in [0.1, 0.15) is 0 Å². The lowest BCUT2D eigenvalue weighted by Gasteiger charge is -2.35. The molecule has 2 unspecified atom stereocenters. The number of hydrogen-bond acceptors (Lipinski definition) is 0. The predicted octanol–water partition coefficient (Wildman–Crippen LogP) is 11.0. The zero-order valence-corrected chi connectivity index (χ0v) is 25.8. The maximum Gasteiger partial charge on any atom is 0.0346 e. The van der Waals surface area contributed by atoms with Gasteiger partial charge in [-0.3, -0.25) is 0 Å². The first-order valence-corrected chi connectivity index (χ1v) is 16.8. The Morgan fingerprint density at radius 2 is 0.783 bits per heavy atom. The van der Waals surface area contributed by atoms with E-state index in [9.17, 15) is 0 Å². The largest absolute Gasteiger partial charge is 0.0619 e. The fourth-order valence-corrected chi connectivity index (χ4v) is 8.72. The molecule has 0 heterocycles. The zero-order chi connectivity index (χ0) is 30.2. The van der Waals surface area contributed by atoms with Crippen LogP contribution < -0.4 is 0 Å². The molecular formula is C46H34. The molecule has 218 valence electrons. The highest BCUT2D eigenvalue weighted by Crippen LogP contribution is 2.50. The normalized spacial score (nSPS) is 17.2. The Kier molecular flexibility index (Phi) is 5.75. The lowest BCUT2D eigenvalue weighted by Crippen LogP contribution is -2.20. The number of rotatable bonds is 4. The lowest BCUT2D eigenvalue weighted by atomic mass is 9.67. The molecule has 3 aliphatic rings. The average Bonchev–Trinajstić information content (AvgIpc) is 3.68. The van der Waals surface area contributed by atoms with Crippen molar-refractivity contribution >= 4 is 10.8 Å². The molecule has 3 aliphatic carbocycles. The van der Waals surface area contributed by atoms with Crippen molar-refractivity contribution in [1.82, 2.24) is 0 Å². The molecule has 0 heteroatoms. The van der Waals surface area contributed by atoms with E-state index in [2.05, 4.69) is 146 Å². The first-order chi connectivity index (χ1) is 22.8. The summed E-state index contributed by atoms with van der Waals surface area (Å²) in [4.78, 5) is 0. The molecule has 0 spiro atoms. The summed E-state index contributed by atoms with van der Waals surface area (Å²) < 4.78 is 0. The van der Waals surface area contributed by atoms with Gasteiger partial charge in [0.15, 0.2) is 0 Å². The SMILES string of the molecule is c1ccc2c(c1)C(c1ccc(-c3ccc4cc3CC4)cc1)c1cc3ccccc3cc1C2c1ccc(-c2ccc3cc2CC3)cc1. The van der Waals surface area contributed by atoms with E-state index in [0.29, 0.717) is 0 Å². The average molecular weight is 587 g/mol. The van der Waals surface area contributed by atoms with Crippen LogP contribution in [0.25, 0.3) is 33.0 Å². The van der Waals surface area contributed by atoms with Gasteiger partial charge in [0.2, 0.25) is 0 Å². The van der Waals surface area contributed by atoms with E-state index in [-0.39, 0.29) is 11.8 Å². The molecule has 0 aliphatic heterocycles. The van der Waals surface area contributed by atoms with Crippen molar-refractivity contribution in [3.63, 3.8) is 0 Å². The van der Waals surface area contributed by atoms with E-state index in [1.54, 1.807) is 0 Å². The number of aryl methyl sites for hydroxylation is 4. The smallest absolute Gasteiger partial charge is 0.0346 e. The van der Waals surface area contributed by atoms with Gasteiger partial charge in [-0.1, -0.05) is 133 Å². The molecule has 0 saturated carbocycles. The van der Waals surface area contributed by atoms with E-state index < -0.39 is 0 Å². The lowest BCUT2D eigenvalue weighted by molar-refractivity contribution is 0.825. The molecule has 0 N–H and O–H groups in total. The van der Waals surface area contributed by atoms with Crippen molar-refractivity contribution in [3.05, 3.63) is 201 Å². The Bertz CT molecular complexity index is 2140. The number of hydrogen-bond donors (Lipinski definition) is 0. The van der Waals surface area contributed by atoms with Gasteiger partial charge < -0.3 is 0 Å². The molecule has 0 amide bonds. The molecule has 2 atom stereocenters. The van der Waals surface area contributed by atoms with Gasteiger partial charge in [-0.05, 0) is 126 Å². The Morgan fingerprint density at radius 1 is 0.348 bits per heavy atom. The number of fused-ring (bicyclic) bond motifs is 7. The van der Waals surface area contributed by atoms with Gasteiger partial charge in [0, 0.05) is 11.8 Å². The Labute approximate surface area is 271 Å². The van der Waals surface area contributed by atoms with E-state index in [1.807, 2.05) is 0 Å². The van der Waals surface area contributed by atoms with Gasteiger partial charge >= 0.3 is 0 Å². The third kappa shape index (κ3) is 4.06. The molecule has 0 radical (unpaired) electrons. The standard InChI is InChI=1S/C46H34/c1-2-6-36-28-44-43(27-35(36)5-1)45(33-19-15-31(16-20-33)39-23-11-29-9-13-37(39)25-29)41-7-3-4-8-42(41)46(44)34-21-17-32(18-22-34)40-24-12-30-10-14-38(40)26-30/h1-8,11-12,15-28,45-46H,9-10,13-14H2. The molecule has 7 aromatic carbocycles. The van der Waals surface area contributed by atoms with Gasteiger partial charge in [-0.2, -0.15) is 0 Å². The second-order valence-corrected chi connectivity index (χ2v) is 13.6. The van der Waals surface area contributed by atoms with Gasteiger partial charge in [0.05, 0.1) is 0 Å². The van der Waals surface area contributed by atoms with Crippen LogP contribution in [-0.4, -0.2) is 0 Å². The third-order valence-electron chi connectivity index (χ3n) is 11.0. The molecule has 0 nitrogen and oxygen atoms in total. The minimum absolute atomic E-state index is 0.181. The Hall–Kier alpha value is -5.20. The van der Waals surface area contributed by atoms with Crippen LogP contribution in [0.1, 0.15) is 67.5 Å². The molecule has 46 heavy (non-hydrogen) atoms. The van der Waals surface area contributed by atoms with Crippen LogP contribution in [0.5, 0.6) is 0 Å². The van der Waals surface area contributed by atoms with Gasteiger partial charge in [-0.25, -0.2) is 0 Å². The maximum absolute atomic E-state index is 2.48. The van der Waals surface area contributed by atoms with Crippen molar-refractivity contribution in [1.29, 1.82) is 0 Å². The van der Waals surface area contributed by atoms with Crippen LogP contribution in [0.15, 0.2) is 146 Å². The Balaban J connectivity index is 1.11. The van der Waals surface area contributed by atoms with E-state index in [1.165, 1.54) is 102 Å². The van der Waals surface area contributed by atoms with Crippen LogP contribution in [0.2, 0.25) is 0 Å². The zero-order valence-electron chi connectivity index (χ0n) is 25.8. The molecule has 7 aromatic rings.